The van der Waals surface area contributed by atoms with E-state index >= 15 is 0 Å². The molecule has 0 aliphatic rings. The summed E-state index contributed by atoms with van der Waals surface area (Å²) >= 11 is 0. The van der Waals surface area contributed by atoms with Crippen LogP contribution in [-0.4, -0.2) is 15.7 Å². The van der Waals surface area contributed by atoms with Crippen LogP contribution in [0.1, 0.15) is 59.2 Å². The molecule has 0 bridgehead atoms. The summed E-state index contributed by atoms with van der Waals surface area (Å²) in [5.74, 6) is 0.369. The summed E-state index contributed by atoms with van der Waals surface area (Å²) in [5.41, 5.74) is 1.56. The molecule has 0 radical (unpaired) electrons. The standard InChI is InChI=1S/C20H28FN3O/c1-19(2,3)16-13-17(24(23-16)20(4,5)6)22-18(25)12-9-14-7-10-15(21)11-8-14/h7-8,10-11,13H,9,12H2,1-6H3,(H,22,25). The number of nitrogens with zero attached hydrogens (tertiary/aromatic N) is 2. The van der Waals surface area contributed by atoms with Gasteiger partial charge in [-0.3, -0.25) is 4.79 Å². The van der Waals surface area contributed by atoms with E-state index in [0.29, 0.717) is 18.7 Å². The molecule has 0 atom stereocenters. The summed E-state index contributed by atoms with van der Waals surface area (Å²) < 4.78 is 14.8. The normalized spacial score (nSPS) is 12.3. The summed E-state index contributed by atoms with van der Waals surface area (Å²) in [7, 11) is 0. The van der Waals surface area contributed by atoms with E-state index in [9.17, 15) is 9.18 Å². The van der Waals surface area contributed by atoms with Gasteiger partial charge in [-0.1, -0.05) is 32.9 Å². The SMILES string of the molecule is CC(C)(C)c1cc(NC(=O)CCc2ccc(F)cc2)n(C(C)(C)C)n1. The molecule has 5 heteroatoms. The van der Waals surface area contributed by atoms with Gasteiger partial charge >= 0.3 is 0 Å². The fourth-order valence-corrected chi connectivity index (χ4v) is 2.46. The molecule has 4 nitrogen and oxygen atoms in total. The average Bonchev–Trinajstić information content (AvgIpc) is 2.91. The Hall–Kier alpha value is -2.17. The zero-order valence-corrected chi connectivity index (χ0v) is 16.0. The van der Waals surface area contributed by atoms with Gasteiger partial charge in [0.25, 0.3) is 0 Å². The maximum atomic E-state index is 12.9. The van der Waals surface area contributed by atoms with E-state index in [2.05, 4.69) is 46.9 Å². The maximum absolute atomic E-state index is 12.9. The molecule has 0 unspecified atom stereocenters. The Morgan fingerprint density at radius 1 is 1.12 bits per heavy atom. The Balaban J connectivity index is 2.11. The number of aryl methyl sites for hydroxylation is 1. The third-order valence-corrected chi connectivity index (χ3v) is 3.93. The van der Waals surface area contributed by atoms with Crippen molar-refractivity contribution in [3.05, 3.63) is 47.4 Å². The van der Waals surface area contributed by atoms with Gasteiger partial charge in [0.15, 0.2) is 0 Å². The molecule has 0 saturated carbocycles. The van der Waals surface area contributed by atoms with E-state index in [-0.39, 0.29) is 22.7 Å². The van der Waals surface area contributed by atoms with Gasteiger partial charge in [-0.15, -0.1) is 0 Å². The van der Waals surface area contributed by atoms with Crippen LogP contribution in [0.5, 0.6) is 0 Å². The fourth-order valence-electron chi connectivity index (χ4n) is 2.46. The van der Waals surface area contributed by atoms with Crippen molar-refractivity contribution in [3.63, 3.8) is 0 Å². The van der Waals surface area contributed by atoms with Crippen LogP contribution in [0.3, 0.4) is 0 Å². The smallest absolute Gasteiger partial charge is 0.225 e. The first-order valence-corrected chi connectivity index (χ1v) is 8.62. The molecule has 1 aromatic heterocycles. The lowest BCUT2D eigenvalue weighted by Crippen LogP contribution is -2.27. The minimum absolute atomic E-state index is 0.0739. The molecular formula is C20H28FN3O. The minimum atomic E-state index is -0.267. The number of carbonyl (C=O) groups excluding carboxylic acids is 1. The molecule has 1 heterocycles. The Morgan fingerprint density at radius 3 is 2.24 bits per heavy atom. The number of hydrogen-bond donors (Lipinski definition) is 1. The van der Waals surface area contributed by atoms with Gasteiger partial charge in [-0.2, -0.15) is 5.10 Å². The molecule has 0 spiro atoms. The van der Waals surface area contributed by atoms with Crippen LogP contribution in [0, 0.1) is 5.82 Å². The lowest BCUT2D eigenvalue weighted by molar-refractivity contribution is -0.116. The largest absolute Gasteiger partial charge is 0.311 e. The average molecular weight is 345 g/mol. The van der Waals surface area contributed by atoms with Crippen molar-refractivity contribution in [2.24, 2.45) is 0 Å². The van der Waals surface area contributed by atoms with Gasteiger partial charge in [0.05, 0.1) is 11.2 Å². The van der Waals surface area contributed by atoms with Crippen molar-refractivity contribution in [2.45, 2.75) is 65.3 Å². The van der Waals surface area contributed by atoms with Gasteiger partial charge in [-0.05, 0) is 44.9 Å². The summed E-state index contributed by atoms with van der Waals surface area (Å²) in [5, 5.41) is 7.67. The second kappa shape index (κ2) is 6.98. The van der Waals surface area contributed by atoms with E-state index in [1.165, 1.54) is 12.1 Å². The lowest BCUT2D eigenvalue weighted by Gasteiger charge is -2.23. The molecule has 2 aromatic rings. The van der Waals surface area contributed by atoms with Crippen LogP contribution < -0.4 is 5.32 Å². The van der Waals surface area contributed by atoms with E-state index in [0.717, 1.165) is 11.3 Å². The maximum Gasteiger partial charge on any atom is 0.225 e. The van der Waals surface area contributed by atoms with Crippen molar-refractivity contribution >= 4 is 11.7 Å². The number of amides is 1. The molecule has 0 aliphatic carbocycles. The second-order valence-corrected chi connectivity index (χ2v) is 8.42. The Bertz CT molecular complexity index is 734. The van der Waals surface area contributed by atoms with Gasteiger partial charge in [0.1, 0.15) is 11.6 Å². The highest BCUT2D eigenvalue weighted by Gasteiger charge is 2.25. The minimum Gasteiger partial charge on any atom is -0.311 e. The number of aromatic nitrogens is 2. The number of benzene rings is 1. The summed E-state index contributed by atoms with van der Waals surface area (Å²) in [6, 6.07) is 8.19. The third kappa shape index (κ3) is 5.15. The van der Waals surface area contributed by atoms with Crippen LogP contribution in [0.15, 0.2) is 30.3 Å². The summed E-state index contributed by atoms with van der Waals surface area (Å²) in [6.07, 6.45) is 0.910. The Kier molecular flexibility index (Phi) is 5.35. The highest BCUT2D eigenvalue weighted by Crippen LogP contribution is 2.28. The number of hydrogen-bond acceptors (Lipinski definition) is 2. The van der Waals surface area contributed by atoms with Crippen molar-refractivity contribution in [3.8, 4) is 0 Å². The Morgan fingerprint density at radius 2 is 1.72 bits per heavy atom. The van der Waals surface area contributed by atoms with Gasteiger partial charge < -0.3 is 5.32 Å². The molecule has 0 fully saturated rings. The first-order chi connectivity index (χ1) is 11.5. The number of nitrogens with one attached hydrogen (secondary N) is 1. The molecule has 25 heavy (non-hydrogen) atoms. The van der Waals surface area contributed by atoms with E-state index in [4.69, 9.17) is 5.10 Å². The fraction of sp³-hybridized carbons (Fsp3) is 0.500. The zero-order valence-electron chi connectivity index (χ0n) is 16.0. The molecule has 1 aromatic carbocycles. The molecule has 1 amide bonds. The lowest BCUT2D eigenvalue weighted by atomic mass is 9.92. The van der Waals surface area contributed by atoms with E-state index in [1.54, 1.807) is 12.1 Å². The Labute approximate surface area is 149 Å². The summed E-state index contributed by atoms with van der Waals surface area (Å²) in [4.78, 5) is 12.4. The van der Waals surface area contributed by atoms with Gasteiger partial charge in [0.2, 0.25) is 5.91 Å². The van der Waals surface area contributed by atoms with Crippen molar-refractivity contribution in [1.82, 2.24) is 9.78 Å². The van der Waals surface area contributed by atoms with Gasteiger partial charge in [0, 0.05) is 17.9 Å². The van der Waals surface area contributed by atoms with Crippen molar-refractivity contribution < 1.29 is 9.18 Å². The highest BCUT2D eigenvalue weighted by atomic mass is 19.1. The zero-order chi connectivity index (χ0) is 18.8. The molecular weight excluding hydrogens is 317 g/mol. The van der Waals surface area contributed by atoms with Crippen LogP contribution in [0.2, 0.25) is 0 Å². The predicted molar refractivity (Wildman–Crippen MR) is 99.3 cm³/mol. The van der Waals surface area contributed by atoms with Gasteiger partial charge in [-0.25, -0.2) is 9.07 Å². The highest BCUT2D eigenvalue weighted by molar-refractivity contribution is 5.90. The molecule has 1 N–H and O–H groups in total. The van der Waals surface area contributed by atoms with E-state index in [1.807, 2.05) is 10.7 Å². The second-order valence-electron chi connectivity index (χ2n) is 8.42. The van der Waals surface area contributed by atoms with E-state index < -0.39 is 0 Å². The molecule has 2 rings (SSSR count). The van der Waals surface area contributed by atoms with Crippen LogP contribution in [0.25, 0.3) is 0 Å². The predicted octanol–water partition coefficient (Wildman–Crippen LogP) is 4.65. The third-order valence-electron chi connectivity index (χ3n) is 3.93. The van der Waals surface area contributed by atoms with Crippen molar-refractivity contribution in [2.75, 3.05) is 5.32 Å². The first kappa shape index (κ1) is 19.2. The molecule has 0 aliphatic heterocycles. The summed E-state index contributed by atoms with van der Waals surface area (Å²) in [6.45, 7) is 12.5. The number of anilines is 1. The monoisotopic (exact) mass is 345 g/mol. The quantitative estimate of drug-likeness (QED) is 0.877. The van der Waals surface area contributed by atoms with Crippen LogP contribution >= 0.6 is 0 Å². The topological polar surface area (TPSA) is 46.9 Å². The molecule has 0 saturated heterocycles. The first-order valence-electron chi connectivity index (χ1n) is 8.62. The number of rotatable bonds is 4. The number of halogens is 1. The van der Waals surface area contributed by atoms with Crippen LogP contribution in [0.4, 0.5) is 10.2 Å². The van der Waals surface area contributed by atoms with Crippen LogP contribution in [-0.2, 0) is 22.2 Å². The number of carbonyl (C=O) groups is 1. The molecule has 136 valence electrons. The van der Waals surface area contributed by atoms with Crippen molar-refractivity contribution in [1.29, 1.82) is 0 Å².